The second-order valence-corrected chi connectivity index (χ2v) is 3.84. The molecule has 0 bridgehead atoms. The van der Waals surface area contributed by atoms with Gasteiger partial charge in [0, 0.05) is 5.41 Å². The molecule has 0 spiro atoms. The average Bonchev–Trinajstić information content (AvgIpc) is 1.79. The Hall–Kier alpha value is -0.160. The lowest BCUT2D eigenvalue weighted by Gasteiger charge is -2.18. The van der Waals surface area contributed by atoms with Crippen LogP contribution in [0.2, 0.25) is 0 Å². The van der Waals surface area contributed by atoms with Gasteiger partial charge >= 0.3 is 0 Å². The zero-order chi connectivity index (χ0) is 7.07. The van der Waals surface area contributed by atoms with Gasteiger partial charge in [-0.3, -0.25) is 9.11 Å². The summed E-state index contributed by atoms with van der Waals surface area (Å²) in [6.45, 7) is 0. The van der Waals surface area contributed by atoms with Crippen molar-refractivity contribution in [2.45, 2.75) is 0 Å². The molecule has 3 nitrogen and oxygen atoms in total. The van der Waals surface area contributed by atoms with Crippen molar-refractivity contribution in [3.05, 3.63) is 21.5 Å². The van der Waals surface area contributed by atoms with Crippen molar-refractivity contribution in [1.29, 1.82) is 0 Å². The first kappa shape index (κ1) is 6.95. The summed E-state index contributed by atoms with van der Waals surface area (Å²) in [5, 5.41) is 2.51. The zero-order valence-corrected chi connectivity index (χ0v) is 5.99. The van der Waals surface area contributed by atoms with Crippen LogP contribution in [0.5, 0.6) is 0 Å². The molecular weight excluding hydrogens is 162 g/mol. The van der Waals surface area contributed by atoms with Gasteiger partial charge in [0.2, 0.25) is 0 Å². The van der Waals surface area contributed by atoms with Crippen molar-refractivity contribution in [3.63, 3.8) is 0 Å². The molecule has 1 heterocycles. The molecule has 1 rings (SSSR count). The fourth-order valence-electron chi connectivity index (χ4n) is 0.498. The molecule has 4 N–H and O–H groups in total. The van der Waals surface area contributed by atoms with Gasteiger partial charge < -0.3 is 5.73 Å². The molecule has 1 aliphatic heterocycles. The molecule has 0 fully saturated rings. The number of allylic oxidation sites excluding steroid dienone is 1. The normalized spacial score (nSPS) is 27.0. The maximum atomic E-state index is 8.86. The highest BCUT2D eigenvalue weighted by Crippen LogP contribution is 2.49. The van der Waals surface area contributed by atoms with E-state index in [1.54, 1.807) is 0 Å². The van der Waals surface area contributed by atoms with E-state index in [4.69, 9.17) is 26.4 Å². The van der Waals surface area contributed by atoms with Crippen LogP contribution in [0.25, 0.3) is 0 Å². The zero-order valence-electron chi connectivity index (χ0n) is 4.41. The number of rotatable bonds is 0. The predicted molar refractivity (Wildman–Crippen MR) is 39.1 cm³/mol. The van der Waals surface area contributed by atoms with E-state index in [9.17, 15) is 0 Å². The van der Waals surface area contributed by atoms with Crippen LogP contribution in [0.4, 0.5) is 0 Å². The lowest BCUT2D eigenvalue weighted by Crippen LogP contribution is -1.92. The summed E-state index contributed by atoms with van der Waals surface area (Å²) in [6, 6.07) is 0. The highest BCUT2D eigenvalue weighted by molar-refractivity contribution is 8.29. The SMILES string of the molecule is NC1=CS(O)(O)C=C1Cl. The number of halogens is 1. The second-order valence-electron chi connectivity index (χ2n) is 1.68. The minimum atomic E-state index is -2.73. The Morgan fingerprint density at radius 3 is 2.11 bits per heavy atom. The van der Waals surface area contributed by atoms with Gasteiger partial charge in [-0.25, -0.2) is 0 Å². The predicted octanol–water partition coefficient (Wildman–Crippen LogP) is 1.63. The van der Waals surface area contributed by atoms with Crippen molar-refractivity contribution in [2.75, 3.05) is 0 Å². The highest BCUT2D eigenvalue weighted by atomic mass is 35.5. The molecule has 52 valence electrons. The Bertz CT molecular complexity index is 179. The summed E-state index contributed by atoms with van der Waals surface area (Å²) >= 11 is 5.42. The maximum Gasteiger partial charge on any atom is 0.0808 e. The van der Waals surface area contributed by atoms with E-state index < -0.39 is 10.6 Å². The summed E-state index contributed by atoms with van der Waals surface area (Å²) in [7, 11) is -2.73. The highest BCUT2D eigenvalue weighted by Gasteiger charge is 2.16. The van der Waals surface area contributed by atoms with E-state index >= 15 is 0 Å². The lowest BCUT2D eigenvalue weighted by atomic mass is 10.5. The van der Waals surface area contributed by atoms with Crippen LogP contribution in [0, 0.1) is 0 Å². The van der Waals surface area contributed by atoms with E-state index in [0.29, 0.717) is 0 Å². The summed E-state index contributed by atoms with van der Waals surface area (Å²) in [6.07, 6.45) is 0. The molecular formula is C4H6ClNO2S. The largest absolute Gasteiger partial charge is 0.396 e. The smallest absolute Gasteiger partial charge is 0.0808 e. The summed E-state index contributed by atoms with van der Waals surface area (Å²) < 4.78 is 17.7. The van der Waals surface area contributed by atoms with Crippen molar-refractivity contribution < 1.29 is 9.11 Å². The molecule has 0 atom stereocenters. The average molecular weight is 168 g/mol. The van der Waals surface area contributed by atoms with E-state index in [1.165, 1.54) is 0 Å². The van der Waals surface area contributed by atoms with Gasteiger partial charge in [0.1, 0.15) is 0 Å². The van der Waals surface area contributed by atoms with Gasteiger partial charge in [0.05, 0.1) is 16.1 Å². The maximum absolute atomic E-state index is 8.86. The third-order valence-electron chi connectivity index (χ3n) is 0.853. The molecule has 0 saturated heterocycles. The Balaban J connectivity index is 2.96. The third-order valence-corrected chi connectivity index (χ3v) is 2.49. The molecule has 9 heavy (non-hydrogen) atoms. The first-order valence-corrected chi connectivity index (χ1v) is 4.19. The molecule has 0 aliphatic carbocycles. The summed E-state index contributed by atoms with van der Waals surface area (Å²) in [5.74, 6) is 0. The van der Waals surface area contributed by atoms with E-state index in [0.717, 1.165) is 10.8 Å². The molecule has 5 heteroatoms. The van der Waals surface area contributed by atoms with Gasteiger partial charge in [-0.15, -0.1) is 0 Å². The fourth-order valence-corrected chi connectivity index (χ4v) is 2.02. The first-order chi connectivity index (χ1) is 4.01. The molecule has 1 aliphatic rings. The van der Waals surface area contributed by atoms with Gasteiger partial charge in [0.25, 0.3) is 0 Å². The van der Waals surface area contributed by atoms with Crippen LogP contribution in [-0.4, -0.2) is 9.11 Å². The molecule has 0 aromatic rings. The van der Waals surface area contributed by atoms with Gasteiger partial charge in [-0.2, -0.15) is 10.6 Å². The number of hydrogen-bond acceptors (Lipinski definition) is 3. The monoisotopic (exact) mass is 167 g/mol. The third kappa shape index (κ3) is 1.40. The van der Waals surface area contributed by atoms with E-state index in [-0.39, 0.29) is 10.7 Å². The van der Waals surface area contributed by atoms with Crippen molar-refractivity contribution in [3.8, 4) is 0 Å². The summed E-state index contributed by atoms with van der Waals surface area (Å²) in [5.41, 5.74) is 5.45. The standard InChI is InChI=1S/C4H6ClNO2S/c5-3-1-9(7,8)2-4(3)6/h1-2,7-8H,6H2. The minimum Gasteiger partial charge on any atom is -0.396 e. The van der Waals surface area contributed by atoms with E-state index in [1.807, 2.05) is 0 Å². The fraction of sp³-hybridized carbons (Fsp3) is 0. The van der Waals surface area contributed by atoms with Crippen LogP contribution < -0.4 is 5.73 Å². The van der Waals surface area contributed by atoms with Crippen molar-refractivity contribution in [1.82, 2.24) is 0 Å². The van der Waals surface area contributed by atoms with Gasteiger partial charge in [0.15, 0.2) is 0 Å². The number of hydrogen-bond donors (Lipinski definition) is 3. The van der Waals surface area contributed by atoms with Crippen LogP contribution in [0.1, 0.15) is 0 Å². The lowest BCUT2D eigenvalue weighted by molar-refractivity contribution is 0.512. The number of nitrogens with two attached hydrogens (primary N) is 1. The minimum absolute atomic E-state index is 0.218. The Kier molecular flexibility index (Phi) is 1.48. The molecule has 0 saturated carbocycles. The van der Waals surface area contributed by atoms with Crippen LogP contribution >= 0.6 is 22.2 Å². The molecule has 0 aromatic heterocycles. The van der Waals surface area contributed by atoms with Crippen molar-refractivity contribution in [2.24, 2.45) is 5.73 Å². The van der Waals surface area contributed by atoms with Crippen LogP contribution in [0.15, 0.2) is 21.5 Å². The molecule has 0 radical (unpaired) electrons. The molecule has 0 aromatic carbocycles. The van der Waals surface area contributed by atoms with Crippen LogP contribution in [-0.2, 0) is 0 Å². The van der Waals surface area contributed by atoms with Crippen molar-refractivity contribution >= 4 is 22.2 Å². The quantitative estimate of drug-likeness (QED) is 0.514. The Morgan fingerprint density at radius 2 is 2.00 bits per heavy atom. The molecule has 0 unspecified atom stereocenters. The molecule has 0 amide bonds. The van der Waals surface area contributed by atoms with Crippen LogP contribution in [0.3, 0.4) is 0 Å². The van der Waals surface area contributed by atoms with Gasteiger partial charge in [-0.1, -0.05) is 11.6 Å². The van der Waals surface area contributed by atoms with E-state index in [2.05, 4.69) is 0 Å². The van der Waals surface area contributed by atoms with Gasteiger partial charge in [-0.05, 0) is 0 Å². The Labute approximate surface area is 59.2 Å². The Morgan fingerprint density at radius 1 is 1.44 bits per heavy atom. The topological polar surface area (TPSA) is 66.5 Å². The summed E-state index contributed by atoms with van der Waals surface area (Å²) in [4.78, 5) is 0. The second kappa shape index (κ2) is 1.91. The first-order valence-electron chi connectivity index (χ1n) is 2.14.